The topological polar surface area (TPSA) is 19.4 Å². The van der Waals surface area contributed by atoms with Gasteiger partial charge in [0.25, 0.3) is 0 Å². The van der Waals surface area contributed by atoms with Crippen LogP contribution in [0.2, 0.25) is 0 Å². The van der Waals surface area contributed by atoms with E-state index >= 15 is 0 Å². The van der Waals surface area contributed by atoms with Gasteiger partial charge in [0.1, 0.15) is 0 Å². The molecule has 0 radical (unpaired) electrons. The van der Waals surface area contributed by atoms with Crippen molar-refractivity contribution in [1.82, 2.24) is 29.4 Å². The third-order valence-corrected chi connectivity index (χ3v) is 21.5. The van der Waals surface area contributed by atoms with E-state index in [1.54, 1.807) is 0 Å². The molecule has 0 bridgehead atoms. The minimum atomic E-state index is 0. The summed E-state index contributed by atoms with van der Waals surface area (Å²) in [6.45, 7) is 53.0. The number of hydrogen-bond donors (Lipinski definition) is 0. The molecule has 0 rings (SSSR count). The van der Waals surface area contributed by atoms with E-state index in [0.29, 0.717) is 25.9 Å². The molecule has 0 aromatic carbocycles. The molecular formula is C78H156MoN6S12-6. The third-order valence-electron chi connectivity index (χ3n) is 18.4. The Morgan fingerprint density at radius 2 is 0.309 bits per heavy atom. The summed E-state index contributed by atoms with van der Waals surface area (Å²) in [5.74, 6) is 4.57. The standard InChI is InChI=1S/6C13H27NS2.Mo/c6*1-4-7-9-12(6-3)11-14(13(15)16)10-8-5-2;/h6*12H,4-11H2,1-3H3,(H,15,16);/p-6. The summed E-state index contributed by atoms with van der Waals surface area (Å²) >= 11 is 61.8. The zero-order valence-corrected chi connectivity index (χ0v) is 78.2. The van der Waals surface area contributed by atoms with Crippen molar-refractivity contribution in [2.45, 2.75) is 356 Å². The minimum absolute atomic E-state index is 0. The summed E-state index contributed by atoms with van der Waals surface area (Å²) in [6.07, 6.45) is 45.4. The number of nitrogens with zero attached hydrogens (tertiary/aromatic N) is 6. The van der Waals surface area contributed by atoms with E-state index in [-0.39, 0.29) is 21.1 Å². The van der Waals surface area contributed by atoms with Gasteiger partial charge in [0.05, 0.1) is 0 Å². The van der Waals surface area contributed by atoms with Gasteiger partial charge < -0.3 is 178 Å². The molecule has 6 atom stereocenters. The number of hydrogen-bond acceptors (Lipinski definition) is 12. The fraction of sp³-hybridized carbons (Fsp3) is 0.923. The summed E-state index contributed by atoms with van der Waals surface area (Å²) < 4.78 is 3.94. The first-order valence-electron chi connectivity index (χ1n) is 39.7. The molecule has 0 saturated heterocycles. The quantitative estimate of drug-likeness (QED) is 0.0327. The van der Waals surface area contributed by atoms with Gasteiger partial charge in [-0.3, -0.25) is 0 Å². The van der Waals surface area contributed by atoms with E-state index in [1.165, 1.54) is 231 Å². The molecule has 6 nitrogen and oxygen atoms in total. The molecule has 0 amide bonds. The fourth-order valence-corrected chi connectivity index (χ4v) is 13.0. The first kappa shape index (κ1) is 112. The Morgan fingerprint density at radius 1 is 0.206 bits per heavy atom. The van der Waals surface area contributed by atoms with Crippen LogP contribution in [0, 0.1) is 35.5 Å². The molecule has 0 N–H and O–H groups in total. The average molecular weight is 1660 g/mol. The van der Waals surface area contributed by atoms with Crippen molar-refractivity contribution in [2.75, 3.05) is 78.5 Å². The van der Waals surface area contributed by atoms with Crippen LogP contribution in [-0.4, -0.2) is 134 Å². The molecule has 0 heterocycles. The van der Waals surface area contributed by atoms with Crippen LogP contribution in [0.3, 0.4) is 0 Å². The molecule has 0 aromatic rings. The Kier molecular flexibility index (Phi) is 97.4. The molecule has 0 aliphatic heterocycles. The zero-order chi connectivity index (χ0) is 74.3. The average Bonchev–Trinajstić information content (AvgIpc) is 2.35. The van der Waals surface area contributed by atoms with Crippen molar-refractivity contribution in [3.63, 3.8) is 0 Å². The van der Waals surface area contributed by atoms with Crippen molar-refractivity contribution in [2.24, 2.45) is 35.5 Å². The van der Waals surface area contributed by atoms with E-state index in [0.717, 1.165) is 114 Å². The van der Waals surface area contributed by atoms with Gasteiger partial charge in [0.15, 0.2) is 0 Å². The summed E-state index contributed by atoms with van der Waals surface area (Å²) in [4.78, 5) is 13.3. The first-order valence-corrected chi connectivity index (χ1v) is 44.6. The van der Waals surface area contributed by atoms with Gasteiger partial charge in [0.2, 0.25) is 0 Å². The van der Waals surface area contributed by atoms with E-state index in [4.69, 9.17) is 149 Å². The summed E-state index contributed by atoms with van der Waals surface area (Å²) in [6, 6.07) is 0. The number of rotatable bonds is 54. The predicted molar refractivity (Wildman–Crippen MR) is 479 cm³/mol. The van der Waals surface area contributed by atoms with Crippen molar-refractivity contribution >= 4 is 175 Å². The number of thiocarbonyl (C=S) groups is 6. The Labute approximate surface area is 688 Å². The van der Waals surface area contributed by atoms with E-state index in [1.807, 2.05) is 0 Å². The van der Waals surface area contributed by atoms with Crippen molar-refractivity contribution in [3.05, 3.63) is 0 Å². The fourth-order valence-electron chi connectivity index (χ4n) is 11.0. The largest absolute Gasteiger partial charge is 0.411 e. The molecule has 0 spiro atoms. The van der Waals surface area contributed by atoms with Gasteiger partial charge in [-0.15, -0.1) is 0 Å². The van der Waals surface area contributed by atoms with Crippen LogP contribution in [0.1, 0.15) is 356 Å². The molecule has 582 valence electrons. The van der Waals surface area contributed by atoms with Crippen molar-refractivity contribution in [1.29, 1.82) is 0 Å². The maximum absolute atomic E-state index is 5.15. The van der Waals surface area contributed by atoms with Crippen LogP contribution in [0.25, 0.3) is 0 Å². The van der Waals surface area contributed by atoms with E-state index in [2.05, 4.69) is 154 Å². The van der Waals surface area contributed by atoms with Crippen LogP contribution in [0.15, 0.2) is 0 Å². The smallest absolute Gasteiger partial charge is 0.0190 e. The molecule has 0 aliphatic carbocycles. The Hall–Kier alpha value is 1.35. The monoisotopic (exact) mass is 1660 g/mol. The maximum atomic E-state index is 5.15. The molecule has 0 aromatic heterocycles. The predicted octanol–water partition coefficient (Wildman–Crippen LogP) is 24.8. The maximum Gasteiger partial charge on any atom is 0.0190 e. The van der Waals surface area contributed by atoms with Crippen LogP contribution in [-0.2, 0) is 96.8 Å². The molecule has 19 heteroatoms. The SMILES string of the molecule is CCCCC(CC)CN(CCCC)C(=S)[S-].CCCCC(CC)CN(CCCC)C(=S)[S-].CCCCC(CC)CN(CCCC)C(=S)[S-].CCCCC(CC)CN(CCCC)C(=S)[S-].CCCCC(CC)CN(CCCC)C(=S)[S-].CCCCC(CC)CN(CCCC)C(=S)[S-].[Mo]. The molecule has 6 unspecified atom stereocenters. The molecule has 0 saturated carbocycles. The second kappa shape index (κ2) is 84.6. The van der Waals surface area contributed by atoms with Gasteiger partial charge in [-0.05, 0) is 113 Å². The normalized spacial score (nSPS) is 12.3. The van der Waals surface area contributed by atoms with Crippen molar-refractivity contribution < 1.29 is 21.1 Å². The Morgan fingerprint density at radius 3 is 0.381 bits per heavy atom. The third kappa shape index (κ3) is 74.0. The van der Waals surface area contributed by atoms with Crippen LogP contribution in [0.4, 0.5) is 0 Å². The Balaban J connectivity index is -0.000000200. The molecular weight excluding hydrogens is 1500 g/mol. The van der Waals surface area contributed by atoms with E-state index < -0.39 is 0 Å². The van der Waals surface area contributed by atoms with Gasteiger partial charge in [-0.25, -0.2) is 0 Å². The van der Waals surface area contributed by atoms with Gasteiger partial charge >= 0.3 is 0 Å². The van der Waals surface area contributed by atoms with Crippen LogP contribution < -0.4 is 0 Å². The van der Waals surface area contributed by atoms with Crippen LogP contribution in [0.5, 0.6) is 0 Å². The number of unbranched alkanes of at least 4 members (excludes halogenated alkanes) is 12. The molecule has 0 fully saturated rings. The summed E-state index contributed by atoms with van der Waals surface area (Å²) in [5.41, 5.74) is 0. The summed E-state index contributed by atoms with van der Waals surface area (Å²) in [5, 5.41) is 0. The first-order chi connectivity index (χ1) is 45.9. The molecule has 0 aliphatic rings. The van der Waals surface area contributed by atoms with Gasteiger partial charge in [-0.2, -0.15) is 0 Å². The zero-order valence-electron chi connectivity index (χ0n) is 66.4. The van der Waals surface area contributed by atoms with Crippen LogP contribution >= 0.6 is 73.3 Å². The minimum Gasteiger partial charge on any atom is -0.411 e. The second-order valence-corrected chi connectivity index (χ2v) is 33.1. The van der Waals surface area contributed by atoms with Crippen molar-refractivity contribution in [3.8, 4) is 0 Å². The van der Waals surface area contributed by atoms with E-state index in [9.17, 15) is 0 Å². The Bertz CT molecular complexity index is 1410. The van der Waals surface area contributed by atoms with Gasteiger partial charge in [0, 0.05) is 99.6 Å². The van der Waals surface area contributed by atoms with Gasteiger partial charge in [-0.1, -0.05) is 305 Å². The summed E-state index contributed by atoms with van der Waals surface area (Å²) in [7, 11) is 0. The second-order valence-electron chi connectivity index (χ2n) is 26.9. The molecule has 97 heavy (non-hydrogen) atoms.